The number of phenols is 1. The third-order valence-electron chi connectivity index (χ3n) is 3.33. The van der Waals surface area contributed by atoms with Crippen LogP contribution in [0, 0.1) is 10.1 Å². The highest BCUT2D eigenvalue weighted by Gasteiger charge is 2.16. The molecule has 0 fully saturated rings. The van der Waals surface area contributed by atoms with Gasteiger partial charge in [-0.2, -0.15) is 5.10 Å². The highest BCUT2D eigenvalue weighted by Crippen LogP contribution is 2.33. The number of methoxy groups -OCH3 is 1. The molecule has 140 valence electrons. The average molecular weight is 372 g/mol. The zero-order valence-corrected chi connectivity index (χ0v) is 14.4. The Kier molecular flexibility index (Phi) is 6.05. The minimum absolute atomic E-state index is 0.00616. The molecule has 0 radical (unpaired) electrons. The van der Waals surface area contributed by atoms with Crippen molar-refractivity contribution in [3.8, 4) is 11.5 Å². The Labute approximate surface area is 153 Å². The number of aromatic hydroxyl groups is 1. The highest BCUT2D eigenvalue weighted by atomic mass is 16.6. The van der Waals surface area contributed by atoms with E-state index in [2.05, 4.69) is 15.8 Å². The smallest absolute Gasteiger partial charge is 0.274 e. The van der Waals surface area contributed by atoms with Gasteiger partial charge in [-0.25, -0.2) is 5.43 Å². The number of carbonyl (C=O) groups excluding carboxylic acids is 2. The number of hydrogen-bond acceptors (Lipinski definition) is 7. The van der Waals surface area contributed by atoms with Crippen LogP contribution >= 0.6 is 0 Å². The third kappa shape index (κ3) is 5.01. The molecule has 0 heterocycles. The van der Waals surface area contributed by atoms with Crippen molar-refractivity contribution in [3.63, 3.8) is 0 Å². The topological polar surface area (TPSA) is 143 Å². The van der Waals surface area contributed by atoms with Gasteiger partial charge in [-0.1, -0.05) is 6.07 Å². The largest absolute Gasteiger partial charge is 0.504 e. The normalized spacial score (nSPS) is 10.4. The van der Waals surface area contributed by atoms with Gasteiger partial charge in [0.05, 0.1) is 24.3 Å². The van der Waals surface area contributed by atoms with Gasteiger partial charge in [-0.3, -0.25) is 19.7 Å². The number of rotatable bonds is 6. The van der Waals surface area contributed by atoms with Crippen LogP contribution < -0.4 is 15.5 Å². The number of phenolic OH excluding ortho intramolecular Hbond substituents is 1. The van der Waals surface area contributed by atoms with Crippen LogP contribution in [0.25, 0.3) is 0 Å². The molecule has 3 N–H and O–H groups in total. The summed E-state index contributed by atoms with van der Waals surface area (Å²) in [6.07, 6.45) is 1.06. The van der Waals surface area contributed by atoms with E-state index in [1.165, 1.54) is 26.2 Å². The molecule has 0 saturated heterocycles. The van der Waals surface area contributed by atoms with Crippen LogP contribution in [0.1, 0.15) is 22.8 Å². The molecule has 0 saturated carbocycles. The maximum absolute atomic E-state index is 12.1. The van der Waals surface area contributed by atoms with Crippen molar-refractivity contribution in [2.45, 2.75) is 6.92 Å². The van der Waals surface area contributed by atoms with Crippen LogP contribution in [0.2, 0.25) is 0 Å². The number of carbonyl (C=O) groups is 2. The van der Waals surface area contributed by atoms with Crippen LogP contribution in [-0.4, -0.2) is 35.2 Å². The van der Waals surface area contributed by atoms with Crippen molar-refractivity contribution in [3.05, 3.63) is 57.6 Å². The lowest BCUT2D eigenvalue weighted by molar-refractivity contribution is -0.385. The number of nitro groups is 1. The number of hydrogen-bond donors (Lipinski definition) is 3. The van der Waals surface area contributed by atoms with Gasteiger partial charge in [0, 0.05) is 29.8 Å². The van der Waals surface area contributed by atoms with Gasteiger partial charge in [-0.15, -0.1) is 0 Å². The standard InChI is InChI=1S/C17H16N4O6/c1-10(22)19-13-5-3-4-11(6-13)17(24)20-18-9-12-7-14(21(25)26)8-15(27-2)16(12)23/h3-9,23H,1-2H3,(H,19,22)(H,20,24)/b18-9-. The fraction of sp³-hybridized carbons (Fsp3) is 0.118. The quantitative estimate of drug-likeness (QED) is 0.402. The van der Waals surface area contributed by atoms with Crippen molar-refractivity contribution in [2.24, 2.45) is 5.10 Å². The second-order valence-corrected chi connectivity index (χ2v) is 5.30. The third-order valence-corrected chi connectivity index (χ3v) is 3.33. The van der Waals surface area contributed by atoms with E-state index in [9.17, 15) is 24.8 Å². The SMILES string of the molecule is COc1cc([N+](=O)[O-])cc(/C=N\NC(=O)c2cccc(NC(C)=O)c2)c1O. The molecule has 2 aromatic rings. The van der Waals surface area contributed by atoms with Crippen molar-refractivity contribution in [1.82, 2.24) is 5.43 Å². The average Bonchev–Trinajstić information content (AvgIpc) is 2.62. The first-order valence-electron chi connectivity index (χ1n) is 7.58. The molecule has 10 heteroatoms. The summed E-state index contributed by atoms with van der Waals surface area (Å²) in [5, 5.41) is 27.2. The summed E-state index contributed by atoms with van der Waals surface area (Å²) in [5.74, 6) is -1.30. The molecule has 0 atom stereocenters. The lowest BCUT2D eigenvalue weighted by Crippen LogP contribution is -2.18. The van der Waals surface area contributed by atoms with Crippen LogP contribution in [0.15, 0.2) is 41.5 Å². The van der Waals surface area contributed by atoms with E-state index in [1.54, 1.807) is 12.1 Å². The number of ether oxygens (including phenoxy) is 1. The number of nitrogens with one attached hydrogen (secondary N) is 2. The fourth-order valence-electron chi connectivity index (χ4n) is 2.14. The van der Waals surface area contributed by atoms with Gasteiger partial charge < -0.3 is 15.2 Å². The van der Waals surface area contributed by atoms with Gasteiger partial charge >= 0.3 is 0 Å². The van der Waals surface area contributed by atoms with E-state index < -0.39 is 10.8 Å². The van der Waals surface area contributed by atoms with E-state index in [0.29, 0.717) is 5.69 Å². The molecule has 0 bridgehead atoms. The van der Waals surface area contributed by atoms with E-state index >= 15 is 0 Å². The van der Waals surface area contributed by atoms with Gasteiger partial charge in [0.15, 0.2) is 11.5 Å². The molecule has 0 aliphatic rings. The Morgan fingerprint density at radius 2 is 2.04 bits per heavy atom. The molecule has 0 spiro atoms. The molecule has 0 aliphatic carbocycles. The van der Waals surface area contributed by atoms with E-state index in [-0.39, 0.29) is 34.2 Å². The number of anilines is 1. The molecule has 0 aliphatic heterocycles. The molecule has 2 rings (SSSR count). The molecular weight excluding hydrogens is 356 g/mol. The first-order chi connectivity index (χ1) is 12.8. The molecule has 2 aromatic carbocycles. The van der Waals surface area contributed by atoms with E-state index in [1.807, 2.05) is 0 Å². The Morgan fingerprint density at radius 1 is 1.30 bits per heavy atom. The highest BCUT2D eigenvalue weighted by molar-refractivity contribution is 5.97. The second kappa shape index (κ2) is 8.43. The van der Waals surface area contributed by atoms with Crippen LogP contribution in [-0.2, 0) is 4.79 Å². The number of benzene rings is 2. The predicted octanol–water partition coefficient (Wildman–Crippen LogP) is 2.03. The minimum Gasteiger partial charge on any atom is -0.504 e. The molecular formula is C17H16N4O6. The summed E-state index contributed by atoms with van der Waals surface area (Å²) < 4.78 is 4.88. The van der Waals surface area contributed by atoms with Crippen molar-refractivity contribution in [2.75, 3.05) is 12.4 Å². The Hall–Kier alpha value is -3.95. The van der Waals surface area contributed by atoms with E-state index in [0.717, 1.165) is 18.3 Å². The summed E-state index contributed by atoms with van der Waals surface area (Å²) in [4.78, 5) is 33.5. The van der Waals surface area contributed by atoms with Crippen molar-refractivity contribution in [1.29, 1.82) is 0 Å². The number of non-ortho nitro benzene ring substituents is 1. The zero-order chi connectivity index (χ0) is 20.0. The Morgan fingerprint density at radius 3 is 2.67 bits per heavy atom. The lowest BCUT2D eigenvalue weighted by Gasteiger charge is -2.06. The minimum atomic E-state index is -0.647. The lowest BCUT2D eigenvalue weighted by atomic mass is 10.1. The fourth-order valence-corrected chi connectivity index (χ4v) is 2.14. The molecule has 27 heavy (non-hydrogen) atoms. The summed E-state index contributed by atoms with van der Waals surface area (Å²) in [5.41, 5.74) is 2.61. The summed E-state index contributed by atoms with van der Waals surface area (Å²) in [6.45, 7) is 1.34. The maximum atomic E-state index is 12.1. The van der Waals surface area contributed by atoms with E-state index in [4.69, 9.17) is 4.74 Å². The Bertz CT molecular complexity index is 926. The summed E-state index contributed by atoms with van der Waals surface area (Å²) >= 11 is 0. The van der Waals surface area contributed by atoms with Gasteiger partial charge in [-0.05, 0) is 18.2 Å². The van der Waals surface area contributed by atoms with Crippen LogP contribution in [0.3, 0.4) is 0 Å². The Balaban J connectivity index is 2.17. The molecule has 0 unspecified atom stereocenters. The zero-order valence-electron chi connectivity index (χ0n) is 14.4. The summed E-state index contributed by atoms with van der Waals surface area (Å²) in [7, 11) is 1.25. The van der Waals surface area contributed by atoms with Crippen molar-refractivity contribution < 1.29 is 24.4 Å². The predicted molar refractivity (Wildman–Crippen MR) is 97.1 cm³/mol. The number of hydrazone groups is 1. The first kappa shape index (κ1) is 19.4. The number of nitro benzene ring substituents is 1. The first-order valence-corrected chi connectivity index (χ1v) is 7.58. The van der Waals surface area contributed by atoms with Gasteiger partial charge in [0.25, 0.3) is 11.6 Å². The summed E-state index contributed by atoms with van der Waals surface area (Å²) in [6, 6.07) is 8.34. The van der Waals surface area contributed by atoms with Crippen LogP contribution in [0.5, 0.6) is 11.5 Å². The van der Waals surface area contributed by atoms with Crippen LogP contribution in [0.4, 0.5) is 11.4 Å². The molecule has 10 nitrogen and oxygen atoms in total. The van der Waals surface area contributed by atoms with Gasteiger partial charge in [0.2, 0.25) is 5.91 Å². The molecule has 2 amide bonds. The second-order valence-electron chi connectivity index (χ2n) is 5.30. The maximum Gasteiger partial charge on any atom is 0.274 e. The monoisotopic (exact) mass is 372 g/mol. The number of amides is 2. The molecule has 0 aromatic heterocycles. The van der Waals surface area contributed by atoms with Gasteiger partial charge in [0.1, 0.15) is 0 Å². The van der Waals surface area contributed by atoms with Crippen molar-refractivity contribution >= 4 is 29.4 Å². The number of nitrogens with zero attached hydrogens (tertiary/aromatic N) is 2.